The van der Waals surface area contributed by atoms with Crippen LogP contribution in [0, 0.1) is 6.92 Å². The Morgan fingerprint density at radius 2 is 2.23 bits per heavy atom. The highest BCUT2D eigenvalue weighted by Crippen LogP contribution is 2.22. The Hall–Kier alpha value is -2.35. The highest BCUT2D eigenvalue weighted by molar-refractivity contribution is 7.80. The Balaban J connectivity index is 1.57. The lowest BCUT2D eigenvalue weighted by molar-refractivity contribution is 0.113. The average Bonchev–Trinajstić information content (AvgIpc) is 3.42. The minimum absolute atomic E-state index is 0.159. The van der Waals surface area contributed by atoms with Gasteiger partial charge in [-0.05, 0) is 73.3 Å². The average molecular weight is 446 g/mol. The Kier molecular flexibility index (Phi) is 6.41. The van der Waals surface area contributed by atoms with Crippen LogP contribution in [-0.4, -0.2) is 34.3 Å². The van der Waals surface area contributed by atoms with Gasteiger partial charge in [0.2, 0.25) is 0 Å². The van der Waals surface area contributed by atoms with Gasteiger partial charge in [-0.3, -0.25) is 4.79 Å². The third-order valence-electron chi connectivity index (χ3n) is 5.28. The van der Waals surface area contributed by atoms with E-state index < -0.39 is 0 Å². The van der Waals surface area contributed by atoms with Crippen LogP contribution < -0.4 is 10.9 Å². The summed E-state index contributed by atoms with van der Waals surface area (Å²) in [5.41, 5.74) is 2.14. The molecule has 30 heavy (non-hydrogen) atoms. The fourth-order valence-electron chi connectivity index (χ4n) is 3.62. The number of thiocarbonyl (C=S) groups is 1. The molecule has 158 valence electrons. The summed E-state index contributed by atoms with van der Waals surface area (Å²) in [6.07, 6.45) is 3.90. The molecule has 1 unspecified atom stereocenters. The maximum atomic E-state index is 12.7. The van der Waals surface area contributed by atoms with Crippen LogP contribution >= 0.6 is 23.8 Å². The zero-order chi connectivity index (χ0) is 21.1. The van der Waals surface area contributed by atoms with Gasteiger partial charge in [0.15, 0.2) is 5.11 Å². The minimum atomic E-state index is -0.159. The van der Waals surface area contributed by atoms with Gasteiger partial charge in [0, 0.05) is 29.3 Å². The third kappa shape index (κ3) is 4.86. The van der Waals surface area contributed by atoms with E-state index in [-0.39, 0.29) is 11.7 Å². The second kappa shape index (κ2) is 9.20. The van der Waals surface area contributed by atoms with Gasteiger partial charge in [-0.15, -0.1) is 0 Å². The van der Waals surface area contributed by atoms with E-state index in [1.54, 1.807) is 12.3 Å². The number of aryl methyl sites for hydroxylation is 1. The van der Waals surface area contributed by atoms with E-state index >= 15 is 0 Å². The molecule has 0 bridgehead atoms. The molecular formula is C22H24ClN3O3S. The van der Waals surface area contributed by atoms with Crippen molar-refractivity contribution in [3.8, 4) is 0 Å². The number of halogens is 1. The highest BCUT2D eigenvalue weighted by atomic mass is 35.5. The number of ether oxygens (including phenoxy) is 1. The summed E-state index contributed by atoms with van der Waals surface area (Å²) in [6, 6.07) is 9.39. The minimum Gasteiger partial charge on any atom is -0.467 e. The van der Waals surface area contributed by atoms with Crippen molar-refractivity contribution in [2.24, 2.45) is 0 Å². The summed E-state index contributed by atoms with van der Waals surface area (Å²) < 4.78 is 11.2. The number of fused-ring (bicyclic) bond motifs is 1. The number of nitrogens with zero attached hydrogens (tertiary/aromatic N) is 1. The van der Waals surface area contributed by atoms with E-state index in [9.17, 15) is 4.79 Å². The van der Waals surface area contributed by atoms with Crippen molar-refractivity contribution in [2.75, 3.05) is 13.2 Å². The number of pyridine rings is 1. The van der Waals surface area contributed by atoms with Crippen molar-refractivity contribution in [3.05, 3.63) is 68.9 Å². The first kappa shape index (κ1) is 20.9. The zero-order valence-corrected chi connectivity index (χ0v) is 18.3. The number of rotatable bonds is 6. The van der Waals surface area contributed by atoms with E-state index in [4.69, 9.17) is 33.0 Å². The maximum absolute atomic E-state index is 12.7. The molecule has 3 heterocycles. The second-order valence-corrected chi connectivity index (χ2v) is 8.36. The van der Waals surface area contributed by atoms with Crippen LogP contribution in [0.3, 0.4) is 0 Å². The van der Waals surface area contributed by atoms with Gasteiger partial charge in [0.05, 0.1) is 25.5 Å². The largest absolute Gasteiger partial charge is 0.467 e. The fourth-order valence-corrected chi connectivity index (χ4v) is 3.99. The number of hydrogen-bond acceptors (Lipinski definition) is 4. The van der Waals surface area contributed by atoms with E-state index in [2.05, 4.69) is 10.3 Å². The number of aromatic nitrogens is 1. The van der Waals surface area contributed by atoms with Crippen LogP contribution in [0.25, 0.3) is 10.9 Å². The van der Waals surface area contributed by atoms with Crippen LogP contribution in [0.4, 0.5) is 0 Å². The number of H-pyrrole nitrogens is 1. The van der Waals surface area contributed by atoms with Gasteiger partial charge >= 0.3 is 0 Å². The lowest BCUT2D eigenvalue weighted by Gasteiger charge is -2.26. The standard InChI is InChI=1S/C22H24ClN3O3S/c1-14-8-15-9-16(21(27)25-20(15)10-19(14)23)12-26(13-18-5-3-7-29-18)22(30)24-11-17-4-2-6-28-17/h3,5,7-10,17H,2,4,6,11-13H2,1H3,(H,24,30)(H,25,27). The van der Waals surface area contributed by atoms with Crippen molar-refractivity contribution >= 4 is 39.8 Å². The van der Waals surface area contributed by atoms with Crippen molar-refractivity contribution in [3.63, 3.8) is 0 Å². The first-order valence-corrected chi connectivity index (χ1v) is 10.8. The van der Waals surface area contributed by atoms with Gasteiger partial charge in [0.25, 0.3) is 5.56 Å². The summed E-state index contributed by atoms with van der Waals surface area (Å²) >= 11 is 11.8. The van der Waals surface area contributed by atoms with Gasteiger partial charge in [0.1, 0.15) is 5.76 Å². The van der Waals surface area contributed by atoms with E-state index in [0.29, 0.717) is 35.3 Å². The predicted molar refractivity (Wildman–Crippen MR) is 122 cm³/mol. The Morgan fingerprint density at radius 1 is 1.37 bits per heavy atom. The zero-order valence-electron chi connectivity index (χ0n) is 16.7. The molecule has 1 aliphatic heterocycles. The Morgan fingerprint density at radius 3 is 2.97 bits per heavy atom. The molecule has 4 rings (SSSR count). The summed E-state index contributed by atoms with van der Waals surface area (Å²) in [7, 11) is 0. The number of aromatic amines is 1. The van der Waals surface area contributed by atoms with Crippen LogP contribution in [0.5, 0.6) is 0 Å². The normalized spacial score (nSPS) is 16.1. The summed E-state index contributed by atoms with van der Waals surface area (Å²) in [4.78, 5) is 17.6. The molecule has 0 spiro atoms. The summed E-state index contributed by atoms with van der Waals surface area (Å²) in [5, 5.41) is 5.42. The number of hydrogen-bond donors (Lipinski definition) is 2. The highest BCUT2D eigenvalue weighted by Gasteiger charge is 2.19. The maximum Gasteiger partial charge on any atom is 0.253 e. The lowest BCUT2D eigenvalue weighted by atomic mass is 10.1. The molecule has 1 aliphatic rings. The lowest BCUT2D eigenvalue weighted by Crippen LogP contribution is -2.42. The van der Waals surface area contributed by atoms with Crippen molar-refractivity contribution in [2.45, 2.75) is 39.0 Å². The predicted octanol–water partition coefficient (Wildman–Crippen LogP) is 4.14. The second-order valence-electron chi connectivity index (χ2n) is 7.57. The molecule has 0 amide bonds. The van der Waals surface area contributed by atoms with Crippen molar-refractivity contribution in [1.29, 1.82) is 0 Å². The van der Waals surface area contributed by atoms with Gasteiger partial charge in [-0.1, -0.05) is 11.6 Å². The molecule has 1 aromatic carbocycles. The molecule has 2 aromatic heterocycles. The SMILES string of the molecule is Cc1cc2cc(CN(Cc3ccco3)C(=S)NCC3CCCO3)c(=O)[nH]c2cc1Cl. The molecule has 1 atom stereocenters. The number of furan rings is 1. The van der Waals surface area contributed by atoms with Crippen molar-refractivity contribution in [1.82, 2.24) is 15.2 Å². The molecule has 3 aromatic rings. The van der Waals surface area contributed by atoms with E-state index in [1.165, 1.54) is 0 Å². The Labute approximate surface area is 185 Å². The van der Waals surface area contributed by atoms with Crippen LogP contribution in [-0.2, 0) is 17.8 Å². The van der Waals surface area contributed by atoms with E-state index in [1.807, 2.05) is 36.1 Å². The summed E-state index contributed by atoms with van der Waals surface area (Å²) in [6.45, 7) is 4.21. The molecule has 0 saturated carbocycles. The van der Waals surface area contributed by atoms with Crippen LogP contribution in [0.1, 0.15) is 29.7 Å². The smallest absolute Gasteiger partial charge is 0.253 e. The monoisotopic (exact) mass is 445 g/mol. The van der Waals surface area contributed by atoms with Gasteiger partial charge < -0.3 is 24.4 Å². The van der Waals surface area contributed by atoms with Crippen LogP contribution in [0.15, 0.2) is 45.8 Å². The number of benzene rings is 1. The van der Waals surface area contributed by atoms with E-state index in [0.717, 1.165) is 41.7 Å². The topological polar surface area (TPSA) is 70.5 Å². The molecule has 8 heteroatoms. The molecule has 6 nitrogen and oxygen atoms in total. The number of nitrogens with one attached hydrogen (secondary N) is 2. The molecule has 0 radical (unpaired) electrons. The first-order chi connectivity index (χ1) is 14.5. The summed E-state index contributed by atoms with van der Waals surface area (Å²) in [5.74, 6) is 0.774. The molecule has 1 saturated heterocycles. The first-order valence-electron chi connectivity index (χ1n) is 9.98. The quantitative estimate of drug-likeness (QED) is 0.556. The van der Waals surface area contributed by atoms with Crippen molar-refractivity contribution < 1.29 is 9.15 Å². The molecule has 2 N–H and O–H groups in total. The van der Waals surface area contributed by atoms with Gasteiger partial charge in [-0.2, -0.15) is 0 Å². The molecule has 1 fully saturated rings. The third-order valence-corrected chi connectivity index (χ3v) is 6.09. The van der Waals surface area contributed by atoms with Crippen LogP contribution in [0.2, 0.25) is 5.02 Å². The molecular weight excluding hydrogens is 422 g/mol. The fraction of sp³-hybridized carbons (Fsp3) is 0.364. The van der Waals surface area contributed by atoms with Gasteiger partial charge in [-0.25, -0.2) is 0 Å². The Bertz CT molecular complexity index is 1090. The molecule has 0 aliphatic carbocycles.